The van der Waals surface area contributed by atoms with Crippen molar-refractivity contribution in [2.24, 2.45) is 0 Å². The van der Waals surface area contributed by atoms with Crippen molar-refractivity contribution in [2.45, 2.75) is 25.8 Å². The van der Waals surface area contributed by atoms with Gasteiger partial charge in [-0.15, -0.1) is 0 Å². The maximum Gasteiger partial charge on any atom is 0.219 e. The van der Waals surface area contributed by atoms with Gasteiger partial charge in [0, 0.05) is 36.9 Å². The topological polar surface area (TPSA) is 71.1 Å². The maximum absolute atomic E-state index is 14.2. The Bertz CT molecular complexity index is 1580. The Hall–Kier alpha value is -4.52. The molecule has 6 nitrogen and oxygen atoms in total. The van der Waals surface area contributed by atoms with Crippen LogP contribution in [-0.2, 0) is 4.79 Å². The number of benzene rings is 3. The number of amides is 1. The maximum atomic E-state index is 14.2. The minimum atomic E-state index is -0.267. The van der Waals surface area contributed by atoms with Gasteiger partial charge in [0.2, 0.25) is 5.91 Å². The van der Waals surface area contributed by atoms with Gasteiger partial charge in [0.25, 0.3) is 0 Å². The van der Waals surface area contributed by atoms with Crippen LogP contribution in [0.15, 0.2) is 85.1 Å². The van der Waals surface area contributed by atoms with E-state index >= 15 is 0 Å². The van der Waals surface area contributed by atoms with Crippen molar-refractivity contribution in [3.05, 3.63) is 96.4 Å². The number of carbonyl (C=O) groups is 1. The Kier molecular flexibility index (Phi) is 5.88. The van der Waals surface area contributed by atoms with Crippen LogP contribution < -0.4 is 4.74 Å². The Labute approximate surface area is 213 Å². The Morgan fingerprint density at radius 2 is 1.86 bits per heavy atom. The summed E-state index contributed by atoms with van der Waals surface area (Å²) < 4.78 is 20.6. The second kappa shape index (κ2) is 9.50. The van der Waals surface area contributed by atoms with E-state index in [4.69, 9.17) is 9.72 Å². The van der Waals surface area contributed by atoms with Crippen LogP contribution in [0.5, 0.6) is 11.5 Å². The van der Waals surface area contributed by atoms with Crippen molar-refractivity contribution in [1.82, 2.24) is 19.9 Å². The average molecular weight is 493 g/mol. The molecular weight excluding hydrogens is 467 g/mol. The minimum Gasteiger partial charge on any atom is -0.457 e. The molecule has 1 atom stereocenters. The zero-order chi connectivity index (χ0) is 25.4. The molecule has 1 amide bonds. The number of imidazole rings is 1. The summed E-state index contributed by atoms with van der Waals surface area (Å²) in [6.07, 6.45) is 3.52. The molecule has 7 heteroatoms. The average Bonchev–Trinajstić information content (AvgIpc) is 3.57. The number of aromatic amines is 1. The smallest absolute Gasteiger partial charge is 0.219 e. The van der Waals surface area contributed by atoms with Gasteiger partial charge in [-0.1, -0.05) is 36.4 Å². The lowest BCUT2D eigenvalue weighted by molar-refractivity contribution is -0.129. The molecule has 1 saturated heterocycles. The molecule has 37 heavy (non-hydrogen) atoms. The molecule has 0 radical (unpaired) electrons. The summed E-state index contributed by atoms with van der Waals surface area (Å²) >= 11 is 0. The molecule has 3 heterocycles. The van der Waals surface area contributed by atoms with Crippen LogP contribution in [0.2, 0.25) is 0 Å². The van der Waals surface area contributed by atoms with Crippen LogP contribution in [0.1, 0.15) is 31.4 Å². The molecule has 0 saturated carbocycles. The van der Waals surface area contributed by atoms with Crippen LogP contribution in [0.4, 0.5) is 4.39 Å². The molecular formula is C30H25FN4O2. The third-order valence-corrected chi connectivity index (χ3v) is 6.80. The summed E-state index contributed by atoms with van der Waals surface area (Å²) in [5.74, 6) is 1.71. The van der Waals surface area contributed by atoms with Crippen LogP contribution >= 0.6 is 0 Å². The fraction of sp³-hybridized carbons (Fsp3) is 0.167. The molecule has 3 aromatic carbocycles. The zero-order valence-electron chi connectivity index (χ0n) is 20.3. The van der Waals surface area contributed by atoms with Crippen molar-refractivity contribution in [3.63, 3.8) is 0 Å². The zero-order valence-corrected chi connectivity index (χ0v) is 20.3. The third kappa shape index (κ3) is 4.44. The number of hydrogen-bond donors (Lipinski definition) is 1. The van der Waals surface area contributed by atoms with Crippen LogP contribution in [0.3, 0.4) is 0 Å². The SMILES string of the molecule is CC(=O)N1CCCC1c1cc2[nH]c(-c3ccccn3)nc2cc1Oc1ccc(-c2ccccc2F)cc1. The number of nitrogens with one attached hydrogen (secondary N) is 1. The first-order chi connectivity index (χ1) is 18.1. The fourth-order valence-electron chi connectivity index (χ4n) is 5.02. The number of aromatic nitrogens is 3. The lowest BCUT2D eigenvalue weighted by Gasteiger charge is -2.25. The van der Waals surface area contributed by atoms with Crippen LogP contribution in [0.25, 0.3) is 33.7 Å². The van der Waals surface area contributed by atoms with Crippen molar-refractivity contribution >= 4 is 16.9 Å². The molecule has 5 aromatic rings. The predicted octanol–water partition coefficient (Wildman–Crippen LogP) is 6.91. The first-order valence-electron chi connectivity index (χ1n) is 12.3. The van der Waals surface area contributed by atoms with Gasteiger partial charge in [-0.2, -0.15) is 0 Å². The molecule has 184 valence electrons. The van der Waals surface area contributed by atoms with Gasteiger partial charge in [-0.25, -0.2) is 9.37 Å². The number of nitrogens with zero attached hydrogens (tertiary/aromatic N) is 3. The summed E-state index contributed by atoms with van der Waals surface area (Å²) in [5.41, 5.74) is 4.58. The summed E-state index contributed by atoms with van der Waals surface area (Å²) in [7, 11) is 0. The molecule has 1 aliphatic rings. The largest absolute Gasteiger partial charge is 0.457 e. The first-order valence-corrected chi connectivity index (χ1v) is 12.3. The summed E-state index contributed by atoms with van der Waals surface area (Å²) in [6, 6.07) is 23.6. The van der Waals surface area contributed by atoms with E-state index < -0.39 is 0 Å². The van der Waals surface area contributed by atoms with Gasteiger partial charge in [-0.05, 0) is 54.8 Å². The molecule has 1 unspecified atom stereocenters. The second-order valence-electron chi connectivity index (χ2n) is 9.18. The highest BCUT2D eigenvalue weighted by Gasteiger charge is 2.31. The minimum absolute atomic E-state index is 0.0431. The van der Waals surface area contributed by atoms with Crippen molar-refractivity contribution in [3.8, 4) is 34.1 Å². The van der Waals surface area contributed by atoms with Crippen LogP contribution in [0, 0.1) is 5.82 Å². The third-order valence-electron chi connectivity index (χ3n) is 6.80. The van der Waals surface area contributed by atoms with E-state index in [-0.39, 0.29) is 17.8 Å². The van der Waals surface area contributed by atoms with E-state index in [9.17, 15) is 9.18 Å². The number of carbonyl (C=O) groups excluding carboxylic acids is 1. The predicted molar refractivity (Wildman–Crippen MR) is 141 cm³/mol. The van der Waals surface area contributed by atoms with E-state index in [2.05, 4.69) is 9.97 Å². The highest BCUT2D eigenvalue weighted by atomic mass is 19.1. The number of rotatable bonds is 5. The Balaban J connectivity index is 1.40. The van der Waals surface area contributed by atoms with Gasteiger partial charge in [0.05, 0.1) is 17.1 Å². The van der Waals surface area contributed by atoms with Gasteiger partial charge in [0.1, 0.15) is 23.0 Å². The van der Waals surface area contributed by atoms with Gasteiger partial charge < -0.3 is 14.6 Å². The van der Waals surface area contributed by atoms with Crippen molar-refractivity contribution in [2.75, 3.05) is 6.54 Å². The first kappa shape index (κ1) is 22.9. The molecule has 1 aliphatic heterocycles. The molecule has 0 bridgehead atoms. The normalized spacial score (nSPS) is 15.3. The van der Waals surface area contributed by atoms with E-state index in [0.29, 0.717) is 22.9 Å². The number of halogens is 1. The van der Waals surface area contributed by atoms with Crippen molar-refractivity contribution < 1.29 is 13.9 Å². The molecule has 1 N–H and O–H groups in total. The van der Waals surface area contributed by atoms with Crippen LogP contribution in [-0.4, -0.2) is 32.3 Å². The summed E-state index contributed by atoms with van der Waals surface area (Å²) in [6.45, 7) is 2.32. The molecule has 1 fully saturated rings. The van der Waals surface area contributed by atoms with Gasteiger partial charge in [0.15, 0.2) is 5.82 Å². The van der Waals surface area contributed by atoms with Gasteiger partial charge >= 0.3 is 0 Å². The molecule has 6 rings (SSSR count). The number of fused-ring (bicyclic) bond motifs is 1. The summed E-state index contributed by atoms with van der Waals surface area (Å²) in [5, 5.41) is 0. The number of ether oxygens (including phenoxy) is 1. The monoisotopic (exact) mass is 492 g/mol. The summed E-state index contributed by atoms with van der Waals surface area (Å²) in [4.78, 5) is 26.8. The lowest BCUT2D eigenvalue weighted by Crippen LogP contribution is -2.28. The number of likely N-dealkylation sites (tertiary alicyclic amines) is 1. The number of pyridine rings is 1. The molecule has 2 aromatic heterocycles. The van der Waals surface area contributed by atoms with E-state index in [1.54, 1.807) is 25.3 Å². The molecule has 0 aliphatic carbocycles. The van der Waals surface area contributed by atoms with Gasteiger partial charge in [-0.3, -0.25) is 9.78 Å². The fourth-order valence-corrected chi connectivity index (χ4v) is 5.02. The van der Waals surface area contributed by atoms with E-state index in [1.165, 1.54) is 6.07 Å². The molecule has 0 spiro atoms. The van der Waals surface area contributed by atoms with E-state index in [0.717, 1.165) is 47.2 Å². The highest BCUT2D eigenvalue weighted by Crippen LogP contribution is 2.41. The highest BCUT2D eigenvalue weighted by molar-refractivity contribution is 5.82. The Morgan fingerprint density at radius 3 is 2.62 bits per heavy atom. The quantitative estimate of drug-likeness (QED) is 0.289. The second-order valence-corrected chi connectivity index (χ2v) is 9.18. The number of H-pyrrole nitrogens is 1. The lowest BCUT2D eigenvalue weighted by atomic mass is 10.0. The van der Waals surface area contributed by atoms with E-state index in [1.807, 2.05) is 65.6 Å². The number of hydrogen-bond acceptors (Lipinski definition) is 4. The Morgan fingerprint density at radius 1 is 1.05 bits per heavy atom. The standard InChI is InChI=1S/C30H25FN4O2/c1-19(36)35-16-6-10-28(35)23-17-26-27(34-30(33-26)25-9-4-5-15-32-25)18-29(23)37-21-13-11-20(12-14-21)22-7-2-3-8-24(22)31/h2-5,7-9,11-15,17-18,28H,6,10,16H2,1H3,(H,33,34). The van der Waals surface area contributed by atoms with Crippen molar-refractivity contribution in [1.29, 1.82) is 0 Å².